The van der Waals surface area contributed by atoms with Gasteiger partial charge in [-0.2, -0.15) is 0 Å². The van der Waals surface area contributed by atoms with Crippen LogP contribution in [0.4, 0.5) is 0 Å². The summed E-state index contributed by atoms with van der Waals surface area (Å²) in [4.78, 5) is 13.3. The van der Waals surface area contributed by atoms with Crippen LogP contribution in [0.3, 0.4) is 0 Å². The van der Waals surface area contributed by atoms with Crippen LogP contribution in [0, 0.1) is 5.41 Å². The lowest BCUT2D eigenvalue weighted by Crippen LogP contribution is -2.37. The molecule has 11 heavy (non-hydrogen) atoms. The van der Waals surface area contributed by atoms with Crippen molar-refractivity contribution in [3.8, 4) is 0 Å². The molecule has 1 saturated heterocycles. The number of hydrogen-bond donors (Lipinski definition) is 0. The number of nitrogens with zero attached hydrogens (tertiary/aromatic N) is 1. The molecule has 3 nitrogen and oxygen atoms in total. The second-order valence-corrected chi connectivity index (χ2v) is 3.86. The zero-order chi connectivity index (χ0) is 8.48. The highest BCUT2D eigenvalue weighted by molar-refractivity contribution is 5.81. The molecule has 0 atom stereocenters. The Morgan fingerprint density at radius 2 is 2.09 bits per heavy atom. The molecule has 1 aliphatic heterocycles. The van der Waals surface area contributed by atoms with E-state index in [2.05, 4.69) is 0 Å². The Hall–Kier alpha value is -0.570. The number of carbonyl (C=O) groups is 1. The largest absolute Gasteiger partial charge is 0.359 e. The summed E-state index contributed by atoms with van der Waals surface area (Å²) < 4.78 is 5.08. The average Bonchev–Trinajstić information content (AvgIpc) is 2.34. The van der Waals surface area contributed by atoms with Crippen molar-refractivity contribution in [1.82, 2.24) is 4.90 Å². The van der Waals surface area contributed by atoms with Gasteiger partial charge in [0.15, 0.2) is 0 Å². The fourth-order valence-electron chi connectivity index (χ4n) is 1.05. The van der Waals surface area contributed by atoms with Crippen molar-refractivity contribution in [3.05, 3.63) is 0 Å². The maximum absolute atomic E-state index is 11.5. The van der Waals surface area contributed by atoms with Crippen molar-refractivity contribution in [3.63, 3.8) is 0 Å². The Morgan fingerprint density at radius 1 is 1.45 bits per heavy atom. The highest BCUT2D eigenvalue weighted by Gasteiger charge is 2.28. The first-order valence-electron chi connectivity index (χ1n) is 3.89. The van der Waals surface area contributed by atoms with Crippen LogP contribution in [0.25, 0.3) is 0 Å². The molecule has 0 radical (unpaired) electrons. The minimum absolute atomic E-state index is 0.176. The summed E-state index contributed by atoms with van der Waals surface area (Å²) >= 11 is 0. The Balaban J connectivity index is 2.53. The Kier molecular flexibility index (Phi) is 2.18. The highest BCUT2D eigenvalue weighted by Crippen LogP contribution is 2.18. The van der Waals surface area contributed by atoms with E-state index in [1.54, 1.807) is 4.90 Å². The third-order valence-corrected chi connectivity index (χ3v) is 1.68. The molecule has 3 heteroatoms. The van der Waals surface area contributed by atoms with Gasteiger partial charge in [0, 0.05) is 12.0 Å². The summed E-state index contributed by atoms with van der Waals surface area (Å²) in [5, 5.41) is 0. The van der Waals surface area contributed by atoms with Gasteiger partial charge in [0.1, 0.15) is 6.73 Å². The van der Waals surface area contributed by atoms with Crippen LogP contribution in [0.15, 0.2) is 0 Å². The lowest BCUT2D eigenvalue weighted by Gasteiger charge is -2.23. The molecule has 0 aromatic heterocycles. The van der Waals surface area contributed by atoms with Gasteiger partial charge < -0.3 is 9.64 Å². The van der Waals surface area contributed by atoms with Crippen molar-refractivity contribution in [2.75, 3.05) is 19.9 Å². The lowest BCUT2D eigenvalue weighted by atomic mass is 9.95. The van der Waals surface area contributed by atoms with Crippen LogP contribution < -0.4 is 0 Å². The number of carbonyl (C=O) groups excluding carboxylic acids is 1. The van der Waals surface area contributed by atoms with Crippen molar-refractivity contribution in [2.24, 2.45) is 5.41 Å². The van der Waals surface area contributed by atoms with E-state index in [9.17, 15) is 4.79 Å². The SMILES string of the molecule is CC(C)(C)C(=O)N1CCOC1. The van der Waals surface area contributed by atoms with Crippen LogP contribution in [0.1, 0.15) is 20.8 Å². The van der Waals surface area contributed by atoms with Crippen molar-refractivity contribution >= 4 is 5.91 Å². The lowest BCUT2D eigenvalue weighted by molar-refractivity contribution is -0.139. The number of ether oxygens (including phenoxy) is 1. The molecule has 0 unspecified atom stereocenters. The van der Waals surface area contributed by atoms with E-state index in [0.29, 0.717) is 13.3 Å². The van der Waals surface area contributed by atoms with E-state index in [1.807, 2.05) is 20.8 Å². The van der Waals surface area contributed by atoms with Crippen LogP contribution in [-0.4, -0.2) is 30.7 Å². The Morgan fingerprint density at radius 3 is 2.45 bits per heavy atom. The maximum atomic E-state index is 11.5. The average molecular weight is 157 g/mol. The van der Waals surface area contributed by atoms with E-state index in [0.717, 1.165) is 6.54 Å². The first kappa shape index (κ1) is 8.53. The molecule has 0 bridgehead atoms. The van der Waals surface area contributed by atoms with Crippen LogP contribution in [0.2, 0.25) is 0 Å². The number of amides is 1. The molecule has 0 spiro atoms. The highest BCUT2D eigenvalue weighted by atomic mass is 16.5. The minimum Gasteiger partial charge on any atom is -0.359 e. The van der Waals surface area contributed by atoms with Crippen molar-refractivity contribution in [1.29, 1.82) is 0 Å². The molecule has 0 aromatic rings. The quantitative estimate of drug-likeness (QED) is 0.521. The molecular formula is C8H15NO2. The molecule has 0 aliphatic carbocycles. The van der Waals surface area contributed by atoms with Gasteiger partial charge in [0.05, 0.1) is 6.61 Å². The summed E-state index contributed by atoms with van der Waals surface area (Å²) in [5.41, 5.74) is -0.270. The molecule has 1 amide bonds. The first-order valence-corrected chi connectivity index (χ1v) is 3.89. The predicted molar refractivity (Wildman–Crippen MR) is 42.0 cm³/mol. The summed E-state index contributed by atoms with van der Waals surface area (Å²) in [6.45, 7) is 7.67. The van der Waals surface area contributed by atoms with Gasteiger partial charge in [-0.15, -0.1) is 0 Å². The summed E-state index contributed by atoms with van der Waals surface area (Å²) in [5.74, 6) is 0.176. The van der Waals surface area contributed by atoms with Crippen molar-refractivity contribution in [2.45, 2.75) is 20.8 Å². The van der Waals surface area contributed by atoms with E-state index in [4.69, 9.17) is 4.74 Å². The molecule has 0 saturated carbocycles. The maximum Gasteiger partial charge on any atom is 0.229 e. The molecule has 1 rings (SSSR count). The summed E-state index contributed by atoms with van der Waals surface area (Å²) in [6, 6.07) is 0. The molecule has 0 N–H and O–H groups in total. The number of rotatable bonds is 0. The molecule has 64 valence electrons. The van der Waals surface area contributed by atoms with E-state index in [-0.39, 0.29) is 11.3 Å². The van der Waals surface area contributed by atoms with Crippen molar-refractivity contribution < 1.29 is 9.53 Å². The Labute approximate surface area is 67.3 Å². The van der Waals surface area contributed by atoms with Crippen LogP contribution in [0.5, 0.6) is 0 Å². The normalized spacial score (nSPS) is 19.0. The van der Waals surface area contributed by atoms with Crippen LogP contribution in [-0.2, 0) is 9.53 Å². The third-order valence-electron chi connectivity index (χ3n) is 1.68. The molecule has 1 aliphatic rings. The van der Waals surface area contributed by atoms with Crippen LogP contribution >= 0.6 is 0 Å². The van der Waals surface area contributed by atoms with Gasteiger partial charge in [-0.3, -0.25) is 4.79 Å². The second-order valence-electron chi connectivity index (χ2n) is 3.86. The Bertz CT molecular complexity index is 154. The van der Waals surface area contributed by atoms with E-state index in [1.165, 1.54) is 0 Å². The monoisotopic (exact) mass is 157 g/mol. The smallest absolute Gasteiger partial charge is 0.229 e. The second kappa shape index (κ2) is 2.81. The standard InChI is InChI=1S/C8H15NO2/c1-8(2,3)7(10)9-4-5-11-6-9/h4-6H2,1-3H3. The van der Waals surface area contributed by atoms with Gasteiger partial charge >= 0.3 is 0 Å². The van der Waals surface area contributed by atoms with Gasteiger partial charge in [-0.05, 0) is 0 Å². The zero-order valence-corrected chi connectivity index (χ0v) is 7.39. The molecular weight excluding hydrogens is 142 g/mol. The minimum atomic E-state index is -0.270. The zero-order valence-electron chi connectivity index (χ0n) is 7.39. The fourth-order valence-corrected chi connectivity index (χ4v) is 1.05. The summed E-state index contributed by atoms with van der Waals surface area (Å²) in [7, 11) is 0. The molecule has 1 heterocycles. The van der Waals surface area contributed by atoms with Gasteiger partial charge in [-0.1, -0.05) is 20.8 Å². The van der Waals surface area contributed by atoms with Gasteiger partial charge in [0.25, 0.3) is 0 Å². The topological polar surface area (TPSA) is 29.5 Å². The van der Waals surface area contributed by atoms with E-state index >= 15 is 0 Å². The third kappa shape index (κ3) is 1.93. The van der Waals surface area contributed by atoms with Gasteiger partial charge in [-0.25, -0.2) is 0 Å². The van der Waals surface area contributed by atoms with E-state index < -0.39 is 0 Å². The molecule has 1 fully saturated rings. The fraction of sp³-hybridized carbons (Fsp3) is 0.875. The van der Waals surface area contributed by atoms with Gasteiger partial charge in [0.2, 0.25) is 5.91 Å². The number of hydrogen-bond acceptors (Lipinski definition) is 2. The predicted octanol–water partition coefficient (Wildman–Crippen LogP) is 0.849. The molecule has 0 aromatic carbocycles. The summed E-state index contributed by atoms with van der Waals surface area (Å²) in [6.07, 6.45) is 0. The first-order chi connectivity index (χ1) is 5.02.